The average molecular weight is 313 g/mol. The van der Waals surface area contributed by atoms with Gasteiger partial charge in [0.05, 0.1) is 11.0 Å². The molecule has 0 spiro atoms. The molecule has 2 rings (SSSR count). The molecule has 2 unspecified atom stereocenters. The molecule has 0 amide bonds. The van der Waals surface area contributed by atoms with E-state index in [4.69, 9.17) is 5.84 Å². The molecule has 0 aliphatic carbocycles. The van der Waals surface area contributed by atoms with E-state index in [-0.39, 0.29) is 5.92 Å². The standard InChI is InChI=1S/C14H23N3O3S/c1-9-6-12(16-15)7-10(2)14(9)21(19,20)17-5-4-13(18)11(3)8-17/h6-7,11,13,16,18H,4-5,8,15H2,1-3H3. The first-order valence-corrected chi connectivity index (χ1v) is 8.47. The summed E-state index contributed by atoms with van der Waals surface area (Å²) in [4.78, 5) is 0.338. The molecule has 1 aliphatic rings. The third-order valence-corrected chi connectivity index (χ3v) is 6.22. The van der Waals surface area contributed by atoms with Gasteiger partial charge in [0.15, 0.2) is 0 Å². The largest absolute Gasteiger partial charge is 0.393 e. The Morgan fingerprint density at radius 2 is 1.90 bits per heavy atom. The van der Waals surface area contributed by atoms with Crippen molar-refractivity contribution in [1.29, 1.82) is 0 Å². The van der Waals surface area contributed by atoms with Crippen LogP contribution in [0.4, 0.5) is 5.69 Å². The van der Waals surface area contributed by atoms with Gasteiger partial charge in [-0.1, -0.05) is 6.92 Å². The number of benzene rings is 1. The normalized spacial score (nSPS) is 24.0. The Bertz CT molecular complexity index is 607. The van der Waals surface area contributed by atoms with Crippen molar-refractivity contribution in [2.75, 3.05) is 18.5 Å². The van der Waals surface area contributed by atoms with Gasteiger partial charge in [-0.05, 0) is 49.4 Å². The van der Waals surface area contributed by atoms with E-state index in [0.29, 0.717) is 41.2 Å². The molecule has 1 saturated heterocycles. The second-order valence-corrected chi connectivity index (χ2v) is 7.65. The second-order valence-electron chi connectivity index (χ2n) is 5.78. The number of hydrogen-bond donors (Lipinski definition) is 3. The van der Waals surface area contributed by atoms with Crippen LogP contribution in [0.5, 0.6) is 0 Å². The quantitative estimate of drug-likeness (QED) is 0.571. The van der Waals surface area contributed by atoms with Crippen LogP contribution in [0.2, 0.25) is 0 Å². The van der Waals surface area contributed by atoms with E-state index in [0.717, 1.165) is 0 Å². The number of aliphatic hydroxyl groups is 1. The molecule has 118 valence electrons. The zero-order valence-corrected chi connectivity index (χ0v) is 13.4. The van der Waals surface area contributed by atoms with Gasteiger partial charge in [0.2, 0.25) is 10.0 Å². The number of nitrogens with zero attached hydrogens (tertiary/aromatic N) is 1. The van der Waals surface area contributed by atoms with Crippen LogP contribution in [0.15, 0.2) is 17.0 Å². The van der Waals surface area contributed by atoms with Crippen molar-refractivity contribution in [1.82, 2.24) is 4.31 Å². The van der Waals surface area contributed by atoms with Crippen molar-refractivity contribution >= 4 is 15.7 Å². The zero-order chi connectivity index (χ0) is 15.8. The molecule has 1 heterocycles. The lowest BCUT2D eigenvalue weighted by atomic mass is 9.99. The number of sulfonamides is 1. The molecule has 7 heteroatoms. The number of aryl methyl sites for hydroxylation is 2. The molecule has 6 nitrogen and oxygen atoms in total. The lowest BCUT2D eigenvalue weighted by Gasteiger charge is -2.34. The Morgan fingerprint density at radius 3 is 2.38 bits per heavy atom. The van der Waals surface area contributed by atoms with Gasteiger partial charge in [0.1, 0.15) is 0 Å². The van der Waals surface area contributed by atoms with E-state index in [9.17, 15) is 13.5 Å². The highest BCUT2D eigenvalue weighted by Gasteiger charge is 2.34. The highest BCUT2D eigenvalue weighted by molar-refractivity contribution is 7.89. The minimum Gasteiger partial charge on any atom is -0.393 e. The molecule has 0 bridgehead atoms. The molecule has 1 aromatic rings. The summed E-state index contributed by atoms with van der Waals surface area (Å²) in [7, 11) is -3.55. The third-order valence-electron chi connectivity index (χ3n) is 4.05. The van der Waals surface area contributed by atoms with Crippen molar-refractivity contribution in [2.45, 2.75) is 38.2 Å². The lowest BCUT2D eigenvalue weighted by molar-refractivity contribution is 0.0628. The molecule has 4 N–H and O–H groups in total. The Hall–Kier alpha value is -1.15. The van der Waals surface area contributed by atoms with E-state index in [1.807, 2.05) is 6.92 Å². The van der Waals surface area contributed by atoms with Gasteiger partial charge >= 0.3 is 0 Å². The fourth-order valence-electron chi connectivity index (χ4n) is 2.88. The fraction of sp³-hybridized carbons (Fsp3) is 0.571. The summed E-state index contributed by atoms with van der Waals surface area (Å²) in [6.07, 6.45) is 0.0449. The molecule has 1 fully saturated rings. The maximum atomic E-state index is 12.9. The number of rotatable bonds is 3. The minimum absolute atomic E-state index is 0.0564. The van der Waals surface area contributed by atoms with Crippen molar-refractivity contribution in [3.05, 3.63) is 23.3 Å². The van der Waals surface area contributed by atoms with Crippen LogP contribution in [-0.2, 0) is 10.0 Å². The van der Waals surface area contributed by atoms with Crippen molar-refractivity contribution in [2.24, 2.45) is 11.8 Å². The van der Waals surface area contributed by atoms with Crippen LogP contribution in [0, 0.1) is 19.8 Å². The number of piperidine rings is 1. The molecular weight excluding hydrogens is 290 g/mol. The highest BCUT2D eigenvalue weighted by atomic mass is 32.2. The highest BCUT2D eigenvalue weighted by Crippen LogP contribution is 2.29. The maximum Gasteiger partial charge on any atom is 0.243 e. The van der Waals surface area contributed by atoms with E-state index < -0.39 is 16.1 Å². The predicted molar refractivity (Wildman–Crippen MR) is 82.3 cm³/mol. The van der Waals surface area contributed by atoms with Crippen LogP contribution in [0.3, 0.4) is 0 Å². The van der Waals surface area contributed by atoms with Gasteiger partial charge < -0.3 is 10.5 Å². The van der Waals surface area contributed by atoms with E-state index in [1.54, 1.807) is 26.0 Å². The molecule has 2 atom stereocenters. The van der Waals surface area contributed by atoms with E-state index >= 15 is 0 Å². The summed E-state index contributed by atoms with van der Waals surface area (Å²) < 4.78 is 27.2. The van der Waals surface area contributed by atoms with Crippen molar-refractivity contribution in [3.63, 3.8) is 0 Å². The van der Waals surface area contributed by atoms with Crippen LogP contribution >= 0.6 is 0 Å². The van der Waals surface area contributed by atoms with Crippen molar-refractivity contribution in [3.8, 4) is 0 Å². The number of nitrogen functional groups attached to an aromatic ring is 1. The SMILES string of the molecule is Cc1cc(NN)cc(C)c1S(=O)(=O)N1CCC(O)C(C)C1. The number of nitrogens with one attached hydrogen (secondary N) is 1. The van der Waals surface area contributed by atoms with Crippen molar-refractivity contribution < 1.29 is 13.5 Å². The molecule has 1 aromatic carbocycles. The first-order valence-electron chi connectivity index (χ1n) is 7.03. The Kier molecular flexibility index (Phi) is 4.57. The number of aliphatic hydroxyl groups excluding tert-OH is 1. The van der Waals surface area contributed by atoms with Gasteiger partial charge in [-0.2, -0.15) is 4.31 Å². The molecular formula is C14H23N3O3S. The predicted octanol–water partition coefficient (Wildman–Crippen LogP) is 0.980. The Balaban J connectivity index is 2.41. The van der Waals surface area contributed by atoms with Gasteiger partial charge in [0, 0.05) is 18.8 Å². The zero-order valence-electron chi connectivity index (χ0n) is 12.6. The van der Waals surface area contributed by atoms with Crippen LogP contribution < -0.4 is 11.3 Å². The van der Waals surface area contributed by atoms with E-state index in [2.05, 4.69) is 5.43 Å². The summed E-state index contributed by atoms with van der Waals surface area (Å²) in [5.74, 6) is 5.33. The third kappa shape index (κ3) is 3.06. The number of nitrogens with two attached hydrogens (primary N) is 1. The van der Waals surface area contributed by atoms with Gasteiger partial charge in [-0.25, -0.2) is 8.42 Å². The molecule has 1 aliphatic heterocycles. The smallest absolute Gasteiger partial charge is 0.243 e. The summed E-state index contributed by atoms with van der Waals surface area (Å²) in [5, 5.41) is 9.77. The monoisotopic (exact) mass is 313 g/mol. The first kappa shape index (κ1) is 16.2. The molecule has 0 radical (unpaired) electrons. The topological polar surface area (TPSA) is 95.7 Å². The van der Waals surface area contributed by atoms with Gasteiger partial charge in [-0.3, -0.25) is 5.84 Å². The Morgan fingerprint density at radius 1 is 1.33 bits per heavy atom. The van der Waals surface area contributed by atoms with Crippen LogP contribution in [0.1, 0.15) is 24.5 Å². The maximum absolute atomic E-state index is 12.9. The molecule has 21 heavy (non-hydrogen) atoms. The number of hydrazine groups is 1. The number of hydrogen-bond acceptors (Lipinski definition) is 5. The fourth-order valence-corrected chi connectivity index (χ4v) is 4.85. The molecule has 0 aromatic heterocycles. The summed E-state index contributed by atoms with van der Waals surface area (Å²) in [6, 6.07) is 3.45. The molecule has 0 saturated carbocycles. The second kappa shape index (κ2) is 5.92. The summed E-state index contributed by atoms with van der Waals surface area (Å²) in [6.45, 7) is 6.10. The first-order chi connectivity index (χ1) is 9.77. The number of anilines is 1. The van der Waals surface area contributed by atoms with E-state index in [1.165, 1.54) is 4.31 Å². The summed E-state index contributed by atoms with van der Waals surface area (Å²) in [5.41, 5.74) is 4.56. The lowest BCUT2D eigenvalue weighted by Crippen LogP contribution is -2.45. The van der Waals surface area contributed by atoms with Gasteiger partial charge in [0.25, 0.3) is 0 Å². The Labute approximate surface area is 126 Å². The van der Waals surface area contributed by atoms with Crippen LogP contribution in [-0.4, -0.2) is 37.0 Å². The minimum atomic E-state index is -3.55. The van der Waals surface area contributed by atoms with Gasteiger partial charge in [-0.15, -0.1) is 0 Å². The average Bonchev–Trinajstić information content (AvgIpc) is 2.40. The van der Waals surface area contributed by atoms with Crippen LogP contribution in [0.25, 0.3) is 0 Å². The summed E-state index contributed by atoms with van der Waals surface area (Å²) >= 11 is 0.